The van der Waals surface area contributed by atoms with E-state index in [9.17, 15) is 4.79 Å². The second-order valence-electron chi connectivity index (χ2n) is 7.06. The standard InChI is InChI=1S/C22H24N2O3S2/c1-26-18-6-2-5-16(11-18)13-24(14-19-7-3-9-27-19)21(25)12-17-15-29-22(23-17)20-8-4-10-28-20/h2,4-6,8,10-11,15,19H,3,7,9,12-14H2,1H3. The lowest BCUT2D eigenvalue weighted by atomic mass is 10.1. The minimum absolute atomic E-state index is 0.0753. The molecule has 0 saturated carbocycles. The Hall–Kier alpha value is -2.22. The van der Waals surface area contributed by atoms with Crippen molar-refractivity contribution in [2.24, 2.45) is 0 Å². The zero-order valence-electron chi connectivity index (χ0n) is 16.4. The van der Waals surface area contributed by atoms with Gasteiger partial charge in [0, 0.05) is 25.1 Å². The molecule has 7 heteroatoms. The monoisotopic (exact) mass is 428 g/mol. The van der Waals surface area contributed by atoms with E-state index >= 15 is 0 Å². The predicted molar refractivity (Wildman–Crippen MR) is 117 cm³/mol. The van der Waals surface area contributed by atoms with Crippen LogP contribution in [0.15, 0.2) is 47.2 Å². The van der Waals surface area contributed by atoms with Gasteiger partial charge in [0.1, 0.15) is 10.8 Å². The zero-order valence-corrected chi connectivity index (χ0v) is 18.0. The van der Waals surface area contributed by atoms with Gasteiger partial charge in [0.05, 0.1) is 30.2 Å². The number of carbonyl (C=O) groups is 1. The van der Waals surface area contributed by atoms with E-state index in [0.717, 1.165) is 46.3 Å². The first-order valence-corrected chi connectivity index (χ1v) is 11.5. The summed E-state index contributed by atoms with van der Waals surface area (Å²) in [5.74, 6) is 0.874. The second kappa shape index (κ2) is 9.52. The van der Waals surface area contributed by atoms with Crippen molar-refractivity contribution in [3.8, 4) is 15.6 Å². The van der Waals surface area contributed by atoms with E-state index in [1.807, 2.05) is 46.0 Å². The van der Waals surface area contributed by atoms with Crippen LogP contribution in [0, 0.1) is 0 Å². The summed E-state index contributed by atoms with van der Waals surface area (Å²) in [6, 6.07) is 11.9. The normalized spacial score (nSPS) is 16.1. The minimum atomic E-state index is 0.0753. The maximum absolute atomic E-state index is 13.2. The molecule has 0 N–H and O–H groups in total. The second-order valence-corrected chi connectivity index (χ2v) is 8.86. The van der Waals surface area contributed by atoms with Gasteiger partial charge >= 0.3 is 0 Å². The number of methoxy groups -OCH3 is 1. The van der Waals surface area contributed by atoms with Crippen molar-refractivity contribution >= 4 is 28.6 Å². The van der Waals surface area contributed by atoms with Gasteiger partial charge in [0.25, 0.3) is 0 Å². The molecule has 1 atom stereocenters. The number of benzene rings is 1. The van der Waals surface area contributed by atoms with Crippen molar-refractivity contribution in [2.75, 3.05) is 20.3 Å². The molecule has 29 heavy (non-hydrogen) atoms. The van der Waals surface area contributed by atoms with E-state index in [-0.39, 0.29) is 12.0 Å². The molecule has 2 aromatic heterocycles. The van der Waals surface area contributed by atoms with Crippen molar-refractivity contribution in [1.82, 2.24) is 9.88 Å². The van der Waals surface area contributed by atoms with Crippen molar-refractivity contribution in [2.45, 2.75) is 31.9 Å². The van der Waals surface area contributed by atoms with Gasteiger partial charge in [0.15, 0.2) is 0 Å². The number of amides is 1. The van der Waals surface area contributed by atoms with Gasteiger partial charge in [-0.3, -0.25) is 4.79 Å². The Morgan fingerprint density at radius 1 is 1.31 bits per heavy atom. The number of carbonyl (C=O) groups excluding carboxylic acids is 1. The van der Waals surface area contributed by atoms with Gasteiger partial charge in [-0.1, -0.05) is 18.2 Å². The molecule has 1 amide bonds. The van der Waals surface area contributed by atoms with Crippen molar-refractivity contribution in [3.63, 3.8) is 0 Å². The van der Waals surface area contributed by atoms with Gasteiger partial charge in [-0.15, -0.1) is 22.7 Å². The lowest BCUT2D eigenvalue weighted by molar-refractivity contribution is -0.132. The summed E-state index contributed by atoms with van der Waals surface area (Å²) in [4.78, 5) is 20.9. The number of aromatic nitrogens is 1. The third kappa shape index (κ3) is 5.23. The summed E-state index contributed by atoms with van der Waals surface area (Å²) in [6.07, 6.45) is 2.48. The summed E-state index contributed by atoms with van der Waals surface area (Å²) in [6.45, 7) is 1.93. The highest BCUT2D eigenvalue weighted by Crippen LogP contribution is 2.28. The number of nitrogens with zero attached hydrogens (tertiary/aromatic N) is 2. The molecule has 4 rings (SSSR count). The van der Waals surface area contributed by atoms with Crippen LogP contribution in [0.25, 0.3) is 9.88 Å². The Kier molecular flexibility index (Phi) is 6.59. The smallest absolute Gasteiger partial charge is 0.229 e. The number of rotatable bonds is 8. The van der Waals surface area contributed by atoms with E-state index in [0.29, 0.717) is 19.5 Å². The van der Waals surface area contributed by atoms with Crippen LogP contribution in [-0.2, 0) is 22.5 Å². The molecule has 1 saturated heterocycles. The summed E-state index contributed by atoms with van der Waals surface area (Å²) in [7, 11) is 1.65. The molecule has 0 radical (unpaired) electrons. The highest BCUT2D eigenvalue weighted by Gasteiger charge is 2.23. The summed E-state index contributed by atoms with van der Waals surface area (Å²) in [5, 5.41) is 5.00. The third-order valence-electron chi connectivity index (χ3n) is 4.92. The number of hydrogen-bond donors (Lipinski definition) is 0. The molecule has 1 aliphatic heterocycles. The van der Waals surface area contributed by atoms with E-state index in [1.165, 1.54) is 0 Å². The number of thiazole rings is 1. The number of ether oxygens (including phenoxy) is 2. The molecule has 0 spiro atoms. The predicted octanol–water partition coefficient (Wildman–Crippen LogP) is 4.63. The summed E-state index contributed by atoms with van der Waals surface area (Å²) < 4.78 is 11.1. The highest BCUT2D eigenvalue weighted by atomic mass is 32.1. The summed E-state index contributed by atoms with van der Waals surface area (Å²) in [5.41, 5.74) is 1.87. The SMILES string of the molecule is COc1cccc(CN(CC2CCCO2)C(=O)Cc2csc(-c3cccs3)n2)c1. The Balaban J connectivity index is 1.47. The molecule has 0 bridgehead atoms. The van der Waals surface area contributed by atoms with Crippen LogP contribution in [0.4, 0.5) is 0 Å². The summed E-state index contributed by atoms with van der Waals surface area (Å²) >= 11 is 3.26. The first-order chi connectivity index (χ1) is 14.2. The molecule has 3 aromatic rings. The molecule has 152 valence electrons. The lowest BCUT2D eigenvalue weighted by Crippen LogP contribution is -2.37. The first kappa shape index (κ1) is 20.1. The fourth-order valence-electron chi connectivity index (χ4n) is 3.45. The highest BCUT2D eigenvalue weighted by molar-refractivity contribution is 7.20. The van der Waals surface area contributed by atoms with Crippen molar-refractivity contribution < 1.29 is 14.3 Å². The molecular formula is C22H24N2O3S2. The van der Waals surface area contributed by atoms with Crippen LogP contribution < -0.4 is 4.74 Å². The average molecular weight is 429 g/mol. The zero-order chi connectivity index (χ0) is 20.1. The Bertz CT molecular complexity index is 933. The van der Waals surface area contributed by atoms with Crippen LogP contribution in [0.5, 0.6) is 5.75 Å². The Morgan fingerprint density at radius 2 is 2.24 bits per heavy atom. The molecule has 0 aliphatic carbocycles. The van der Waals surface area contributed by atoms with Crippen LogP contribution in [0.3, 0.4) is 0 Å². The van der Waals surface area contributed by atoms with Gasteiger partial charge in [-0.2, -0.15) is 0 Å². The molecule has 1 unspecified atom stereocenters. The minimum Gasteiger partial charge on any atom is -0.497 e. The Labute approximate surface area is 178 Å². The molecular weight excluding hydrogens is 404 g/mol. The van der Waals surface area contributed by atoms with Crippen LogP contribution in [-0.4, -0.2) is 42.2 Å². The number of thiophene rings is 1. The van der Waals surface area contributed by atoms with Gasteiger partial charge in [-0.25, -0.2) is 4.98 Å². The molecule has 1 aliphatic rings. The lowest BCUT2D eigenvalue weighted by Gasteiger charge is -2.25. The molecule has 3 heterocycles. The third-order valence-corrected chi connectivity index (χ3v) is 6.85. The van der Waals surface area contributed by atoms with Crippen molar-refractivity contribution in [1.29, 1.82) is 0 Å². The molecule has 5 nitrogen and oxygen atoms in total. The fourth-order valence-corrected chi connectivity index (χ4v) is 5.08. The van der Waals surface area contributed by atoms with E-state index in [4.69, 9.17) is 9.47 Å². The largest absolute Gasteiger partial charge is 0.497 e. The van der Waals surface area contributed by atoms with E-state index < -0.39 is 0 Å². The fraction of sp³-hybridized carbons (Fsp3) is 0.364. The Morgan fingerprint density at radius 3 is 3.00 bits per heavy atom. The van der Waals surface area contributed by atoms with Gasteiger partial charge in [-0.05, 0) is 42.0 Å². The van der Waals surface area contributed by atoms with Gasteiger partial charge < -0.3 is 14.4 Å². The van der Waals surface area contributed by atoms with Crippen molar-refractivity contribution in [3.05, 3.63) is 58.4 Å². The van der Waals surface area contributed by atoms with Gasteiger partial charge in [0.2, 0.25) is 5.91 Å². The van der Waals surface area contributed by atoms with Crippen LogP contribution in [0.1, 0.15) is 24.1 Å². The van der Waals surface area contributed by atoms with Crippen LogP contribution in [0.2, 0.25) is 0 Å². The quantitative estimate of drug-likeness (QED) is 0.525. The molecule has 1 aromatic carbocycles. The maximum Gasteiger partial charge on any atom is 0.229 e. The van der Waals surface area contributed by atoms with Crippen LogP contribution >= 0.6 is 22.7 Å². The molecule has 1 fully saturated rings. The maximum atomic E-state index is 13.2. The average Bonchev–Trinajstić information content (AvgIpc) is 3.50. The number of hydrogen-bond acceptors (Lipinski definition) is 6. The first-order valence-electron chi connectivity index (χ1n) is 9.72. The van der Waals surface area contributed by atoms with E-state index in [2.05, 4.69) is 11.1 Å². The topological polar surface area (TPSA) is 51.7 Å². The van der Waals surface area contributed by atoms with E-state index in [1.54, 1.807) is 29.8 Å².